The molecule has 0 saturated heterocycles. The molecule has 1 N–H and O–H groups in total. The monoisotopic (exact) mass is 420 g/mol. The summed E-state index contributed by atoms with van der Waals surface area (Å²) in [5, 5.41) is 3.63. The molecule has 0 radical (unpaired) electrons. The first kappa shape index (κ1) is 19.7. The largest absolute Gasteiger partial charge is 0.352 e. The van der Waals surface area contributed by atoms with Gasteiger partial charge in [0.25, 0.3) is 5.91 Å². The van der Waals surface area contributed by atoms with E-state index in [0.29, 0.717) is 23.0 Å². The zero-order valence-electron chi connectivity index (χ0n) is 16.3. The van der Waals surface area contributed by atoms with Gasteiger partial charge in [0.05, 0.1) is 11.4 Å². The standard InChI is InChI=1S/C24H21ClN2OS/c1-15(2)14-26-24(28)16-11-12-22-20(13-16)27-23(17-7-3-5-9-19(17)25)18-8-4-6-10-21(18)29-22/h3-13,15H,14H2,1-2H3,(H,26,28). The normalized spacial score (nSPS) is 12.6. The molecule has 4 rings (SSSR count). The Bertz CT molecular complexity index is 1110. The van der Waals surface area contributed by atoms with Crippen LogP contribution in [0.15, 0.2) is 81.5 Å². The maximum absolute atomic E-state index is 12.6. The van der Waals surface area contributed by atoms with Crippen molar-refractivity contribution in [3.8, 4) is 0 Å². The minimum absolute atomic E-state index is 0.0808. The number of fused-ring (bicyclic) bond motifs is 2. The van der Waals surface area contributed by atoms with Crippen LogP contribution in [0, 0.1) is 5.92 Å². The molecule has 3 nitrogen and oxygen atoms in total. The number of halogens is 1. The fourth-order valence-electron chi connectivity index (χ4n) is 3.14. The van der Waals surface area contributed by atoms with E-state index in [1.165, 1.54) is 0 Å². The molecule has 0 atom stereocenters. The molecule has 0 fully saturated rings. The average Bonchev–Trinajstić information content (AvgIpc) is 2.88. The van der Waals surface area contributed by atoms with Gasteiger partial charge in [-0.15, -0.1) is 0 Å². The van der Waals surface area contributed by atoms with Crippen LogP contribution in [-0.4, -0.2) is 18.2 Å². The molecule has 0 unspecified atom stereocenters. The highest BCUT2D eigenvalue weighted by Gasteiger charge is 2.21. The summed E-state index contributed by atoms with van der Waals surface area (Å²) in [6.45, 7) is 4.79. The lowest BCUT2D eigenvalue weighted by Gasteiger charge is -2.10. The van der Waals surface area contributed by atoms with Crippen molar-refractivity contribution in [2.24, 2.45) is 10.9 Å². The Morgan fingerprint density at radius 3 is 2.48 bits per heavy atom. The number of rotatable bonds is 4. The van der Waals surface area contributed by atoms with E-state index in [0.717, 1.165) is 32.3 Å². The molecule has 0 aliphatic carbocycles. The molecule has 1 aliphatic rings. The van der Waals surface area contributed by atoms with Crippen molar-refractivity contribution in [3.05, 3.63) is 88.4 Å². The molecule has 1 amide bonds. The first-order valence-electron chi connectivity index (χ1n) is 9.56. The summed E-state index contributed by atoms with van der Waals surface area (Å²) in [6, 6.07) is 21.6. The van der Waals surface area contributed by atoms with Crippen LogP contribution in [0.4, 0.5) is 5.69 Å². The van der Waals surface area contributed by atoms with Crippen LogP contribution in [-0.2, 0) is 0 Å². The second-order valence-corrected chi connectivity index (χ2v) is 8.82. The number of carbonyl (C=O) groups is 1. The molecule has 1 aliphatic heterocycles. The first-order valence-corrected chi connectivity index (χ1v) is 10.8. The van der Waals surface area contributed by atoms with Gasteiger partial charge in [-0.3, -0.25) is 4.79 Å². The van der Waals surface area contributed by atoms with E-state index in [-0.39, 0.29) is 5.91 Å². The Labute approximate surface area is 180 Å². The highest BCUT2D eigenvalue weighted by atomic mass is 35.5. The summed E-state index contributed by atoms with van der Waals surface area (Å²) >= 11 is 8.16. The molecular formula is C24H21ClN2OS. The van der Waals surface area contributed by atoms with E-state index < -0.39 is 0 Å². The Morgan fingerprint density at radius 2 is 1.72 bits per heavy atom. The van der Waals surface area contributed by atoms with Crippen molar-refractivity contribution in [2.75, 3.05) is 6.54 Å². The summed E-state index contributed by atoms with van der Waals surface area (Å²) in [7, 11) is 0. The summed E-state index contributed by atoms with van der Waals surface area (Å²) in [5.74, 6) is 0.317. The second kappa shape index (κ2) is 8.44. The Kier molecular flexibility index (Phi) is 5.74. The topological polar surface area (TPSA) is 41.5 Å². The number of benzene rings is 3. The molecule has 146 valence electrons. The minimum Gasteiger partial charge on any atom is -0.352 e. The van der Waals surface area contributed by atoms with Gasteiger partial charge in [0.15, 0.2) is 0 Å². The molecule has 5 heteroatoms. The lowest BCUT2D eigenvalue weighted by atomic mass is 10.0. The Morgan fingerprint density at radius 1 is 1.00 bits per heavy atom. The highest BCUT2D eigenvalue weighted by molar-refractivity contribution is 7.99. The third-order valence-electron chi connectivity index (χ3n) is 4.62. The van der Waals surface area contributed by atoms with Gasteiger partial charge in [-0.1, -0.05) is 73.6 Å². The SMILES string of the molecule is CC(C)CNC(=O)c1ccc2c(c1)N=C(c1ccccc1Cl)c1ccccc1S2. The van der Waals surface area contributed by atoms with Crippen molar-refractivity contribution in [1.82, 2.24) is 5.32 Å². The average molecular weight is 421 g/mol. The van der Waals surface area contributed by atoms with Crippen LogP contribution in [0.2, 0.25) is 5.02 Å². The predicted octanol–water partition coefficient (Wildman–Crippen LogP) is 6.36. The van der Waals surface area contributed by atoms with Gasteiger partial charge in [0, 0.05) is 38.0 Å². The molecular weight excluding hydrogens is 400 g/mol. The van der Waals surface area contributed by atoms with E-state index in [1.807, 2.05) is 54.6 Å². The van der Waals surface area contributed by atoms with Crippen molar-refractivity contribution in [1.29, 1.82) is 0 Å². The number of aliphatic imine (C=N–C) groups is 1. The van der Waals surface area contributed by atoms with Gasteiger partial charge >= 0.3 is 0 Å². The number of hydrogen-bond donors (Lipinski definition) is 1. The first-order chi connectivity index (χ1) is 14.0. The summed E-state index contributed by atoms with van der Waals surface area (Å²) < 4.78 is 0. The minimum atomic E-state index is -0.0808. The molecule has 0 spiro atoms. The molecule has 0 bridgehead atoms. The fraction of sp³-hybridized carbons (Fsp3) is 0.167. The number of nitrogens with zero attached hydrogens (tertiary/aromatic N) is 1. The van der Waals surface area contributed by atoms with Gasteiger partial charge in [0.2, 0.25) is 0 Å². The zero-order chi connectivity index (χ0) is 20.4. The van der Waals surface area contributed by atoms with Crippen LogP contribution < -0.4 is 5.32 Å². The van der Waals surface area contributed by atoms with Crippen molar-refractivity contribution < 1.29 is 4.79 Å². The third-order valence-corrected chi connectivity index (χ3v) is 6.09. The van der Waals surface area contributed by atoms with Crippen LogP contribution in [0.25, 0.3) is 0 Å². The molecule has 29 heavy (non-hydrogen) atoms. The van der Waals surface area contributed by atoms with Crippen LogP contribution in [0.5, 0.6) is 0 Å². The van der Waals surface area contributed by atoms with Gasteiger partial charge in [0.1, 0.15) is 0 Å². The quantitative estimate of drug-likeness (QED) is 0.417. The molecule has 0 aromatic heterocycles. The van der Waals surface area contributed by atoms with Crippen LogP contribution in [0.1, 0.15) is 35.3 Å². The summed E-state index contributed by atoms with van der Waals surface area (Å²) in [6.07, 6.45) is 0. The van der Waals surface area contributed by atoms with Crippen molar-refractivity contribution in [2.45, 2.75) is 23.6 Å². The number of amides is 1. The molecule has 3 aromatic rings. The van der Waals surface area contributed by atoms with E-state index in [9.17, 15) is 4.79 Å². The van der Waals surface area contributed by atoms with Crippen molar-refractivity contribution >= 4 is 40.7 Å². The van der Waals surface area contributed by atoms with Gasteiger partial charge in [-0.05, 0) is 36.2 Å². The lowest BCUT2D eigenvalue weighted by molar-refractivity contribution is 0.0949. The second-order valence-electron chi connectivity index (χ2n) is 7.32. The van der Waals surface area contributed by atoms with Crippen molar-refractivity contribution in [3.63, 3.8) is 0 Å². The number of hydrogen-bond acceptors (Lipinski definition) is 3. The van der Waals surface area contributed by atoms with Gasteiger partial charge in [-0.25, -0.2) is 4.99 Å². The maximum Gasteiger partial charge on any atom is 0.251 e. The molecule has 0 saturated carbocycles. The van der Waals surface area contributed by atoms with Crippen LogP contribution >= 0.6 is 23.4 Å². The highest BCUT2D eigenvalue weighted by Crippen LogP contribution is 2.42. The van der Waals surface area contributed by atoms with E-state index in [2.05, 4.69) is 31.3 Å². The molecule has 3 aromatic carbocycles. The lowest BCUT2D eigenvalue weighted by Crippen LogP contribution is -2.27. The third kappa shape index (κ3) is 4.24. The molecule has 1 heterocycles. The van der Waals surface area contributed by atoms with E-state index in [4.69, 9.17) is 16.6 Å². The fourth-order valence-corrected chi connectivity index (χ4v) is 4.37. The van der Waals surface area contributed by atoms with Gasteiger partial charge < -0.3 is 5.32 Å². The Hall–Kier alpha value is -2.56. The van der Waals surface area contributed by atoms with Crippen LogP contribution in [0.3, 0.4) is 0 Å². The summed E-state index contributed by atoms with van der Waals surface area (Å²) in [4.78, 5) is 19.7. The summed E-state index contributed by atoms with van der Waals surface area (Å²) in [5.41, 5.74) is 4.12. The number of nitrogens with one attached hydrogen (secondary N) is 1. The van der Waals surface area contributed by atoms with E-state index in [1.54, 1.807) is 11.8 Å². The Balaban J connectivity index is 1.83. The number of carbonyl (C=O) groups excluding carboxylic acids is 1. The van der Waals surface area contributed by atoms with Gasteiger partial charge in [-0.2, -0.15) is 0 Å². The smallest absolute Gasteiger partial charge is 0.251 e. The predicted molar refractivity (Wildman–Crippen MR) is 121 cm³/mol. The maximum atomic E-state index is 12.6. The zero-order valence-corrected chi connectivity index (χ0v) is 17.8. The van der Waals surface area contributed by atoms with E-state index >= 15 is 0 Å².